The molecule has 1 aromatic carbocycles. The van der Waals surface area contributed by atoms with E-state index in [1.165, 1.54) is 12.5 Å². The smallest absolute Gasteiger partial charge is 0.244 e. The van der Waals surface area contributed by atoms with Gasteiger partial charge in [-0.2, -0.15) is 5.10 Å². The SMILES string of the molecule is O=C(/C=C/c1ccccc1)NCc1cc2n(n1)CCN(C(=O)C1CCC1)C2. The maximum absolute atomic E-state index is 12.4. The predicted molar refractivity (Wildman–Crippen MR) is 102 cm³/mol. The predicted octanol–water partition coefficient (Wildman–Crippen LogP) is 2.36. The summed E-state index contributed by atoms with van der Waals surface area (Å²) in [7, 11) is 0. The summed E-state index contributed by atoms with van der Waals surface area (Å²) in [6.45, 7) is 2.43. The van der Waals surface area contributed by atoms with E-state index in [9.17, 15) is 9.59 Å². The standard InChI is InChI=1S/C21H24N4O2/c26-20(10-9-16-5-2-1-3-6-16)22-14-18-13-19-15-24(11-12-25(19)23-18)21(27)17-7-4-8-17/h1-3,5-6,9-10,13,17H,4,7-8,11-12,14-15H2,(H,22,26)/b10-9+. The molecule has 0 atom stereocenters. The maximum Gasteiger partial charge on any atom is 0.244 e. The molecule has 0 saturated heterocycles. The van der Waals surface area contributed by atoms with Crippen molar-refractivity contribution in [1.82, 2.24) is 20.0 Å². The fraction of sp³-hybridized carbons (Fsp3) is 0.381. The molecule has 2 aromatic rings. The highest BCUT2D eigenvalue weighted by atomic mass is 16.2. The monoisotopic (exact) mass is 364 g/mol. The third-order valence-corrected chi connectivity index (χ3v) is 5.29. The molecule has 27 heavy (non-hydrogen) atoms. The Kier molecular flexibility index (Phi) is 5.05. The number of carbonyl (C=O) groups excluding carboxylic acids is 2. The molecule has 1 saturated carbocycles. The molecule has 0 radical (unpaired) electrons. The molecule has 0 bridgehead atoms. The highest BCUT2D eigenvalue weighted by molar-refractivity contribution is 5.91. The van der Waals surface area contributed by atoms with Crippen LogP contribution in [0.2, 0.25) is 0 Å². The molecule has 2 heterocycles. The van der Waals surface area contributed by atoms with Crippen molar-refractivity contribution in [3.8, 4) is 0 Å². The van der Waals surface area contributed by atoms with E-state index in [0.29, 0.717) is 13.1 Å². The number of rotatable bonds is 5. The van der Waals surface area contributed by atoms with Crippen molar-refractivity contribution in [3.05, 3.63) is 59.4 Å². The normalized spacial score (nSPS) is 16.8. The number of nitrogens with zero attached hydrogens (tertiary/aromatic N) is 3. The zero-order chi connectivity index (χ0) is 18.6. The Balaban J connectivity index is 1.31. The van der Waals surface area contributed by atoms with Gasteiger partial charge in [0.1, 0.15) is 0 Å². The molecule has 1 N–H and O–H groups in total. The summed E-state index contributed by atoms with van der Waals surface area (Å²) in [5, 5.41) is 7.42. The Bertz CT molecular complexity index is 852. The molecule has 6 nitrogen and oxygen atoms in total. The molecular weight excluding hydrogens is 340 g/mol. The Hall–Kier alpha value is -2.89. The van der Waals surface area contributed by atoms with E-state index >= 15 is 0 Å². The van der Waals surface area contributed by atoms with Gasteiger partial charge in [-0.15, -0.1) is 0 Å². The second-order valence-corrected chi connectivity index (χ2v) is 7.20. The van der Waals surface area contributed by atoms with Crippen LogP contribution in [0.3, 0.4) is 0 Å². The summed E-state index contributed by atoms with van der Waals surface area (Å²) < 4.78 is 1.95. The molecule has 1 aromatic heterocycles. The van der Waals surface area contributed by atoms with Crippen LogP contribution in [0.1, 0.15) is 36.2 Å². The van der Waals surface area contributed by atoms with E-state index in [0.717, 1.165) is 42.9 Å². The van der Waals surface area contributed by atoms with Crippen LogP contribution in [-0.2, 0) is 29.2 Å². The minimum Gasteiger partial charge on any atom is -0.347 e. The summed E-state index contributed by atoms with van der Waals surface area (Å²) in [5.74, 6) is 0.371. The van der Waals surface area contributed by atoms with E-state index in [1.807, 2.05) is 46.0 Å². The molecule has 4 rings (SSSR count). The van der Waals surface area contributed by atoms with Gasteiger partial charge >= 0.3 is 0 Å². The van der Waals surface area contributed by atoms with E-state index in [-0.39, 0.29) is 17.7 Å². The van der Waals surface area contributed by atoms with Gasteiger partial charge in [0.05, 0.1) is 31.0 Å². The van der Waals surface area contributed by atoms with Crippen molar-refractivity contribution < 1.29 is 9.59 Å². The molecule has 0 unspecified atom stereocenters. The average molecular weight is 364 g/mol. The molecule has 1 fully saturated rings. The first kappa shape index (κ1) is 17.5. The molecule has 140 valence electrons. The van der Waals surface area contributed by atoms with Crippen LogP contribution in [-0.4, -0.2) is 33.0 Å². The first-order chi connectivity index (χ1) is 13.2. The van der Waals surface area contributed by atoms with Crippen molar-refractivity contribution in [2.75, 3.05) is 6.54 Å². The zero-order valence-corrected chi connectivity index (χ0v) is 15.3. The highest BCUT2D eigenvalue weighted by Gasteiger charge is 2.31. The van der Waals surface area contributed by atoms with Gasteiger partial charge in [0.15, 0.2) is 0 Å². The largest absolute Gasteiger partial charge is 0.347 e. The van der Waals surface area contributed by atoms with Gasteiger partial charge in [-0.1, -0.05) is 36.8 Å². The van der Waals surface area contributed by atoms with E-state index in [4.69, 9.17) is 0 Å². The number of hydrogen-bond donors (Lipinski definition) is 1. The van der Waals surface area contributed by atoms with Crippen LogP contribution in [0.5, 0.6) is 0 Å². The van der Waals surface area contributed by atoms with Gasteiger partial charge < -0.3 is 10.2 Å². The van der Waals surface area contributed by atoms with Crippen LogP contribution in [0, 0.1) is 5.92 Å². The van der Waals surface area contributed by atoms with Crippen LogP contribution in [0.25, 0.3) is 6.08 Å². The van der Waals surface area contributed by atoms with Crippen molar-refractivity contribution in [2.45, 2.75) is 38.9 Å². The second kappa shape index (κ2) is 7.78. The number of benzene rings is 1. The van der Waals surface area contributed by atoms with Crippen molar-refractivity contribution in [3.63, 3.8) is 0 Å². The molecule has 2 amide bonds. The van der Waals surface area contributed by atoms with E-state index in [1.54, 1.807) is 6.08 Å². The lowest BCUT2D eigenvalue weighted by atomic mass is 9.84. The number of nitrogens with one attached hydrogen (secondary N) is 1. The Labute approximate surface area is 158 Å². The molecule has 0 spiro atoms. The molecular formula is C21H24N4O2. The lowest BCUT2D eigenvalue weighted by Crippen LogP contribution is -2.43. The van der Waals surface area contributed by atoms with Gasteiger partial charge in [-0.25, -0.2) is 0 Å². The molecule has 1 aliphatic carbocycles. The van der Waals surface area contributed by atoms with Crippen molar-refractivity contribution >= 4 is 17.9 Å². The summed E-state index contributed by atoms with van der Waals surface area (Å²) in [6, 6.07) is 11.7. The number of amides is 2. The Morgan fingerprint density at radius 1 is 1.19 bits per heavy atom. The molecule has 6 heteroatoms. The Morgan fingerprint density at radius 3 is 2.74 bits per heavy atom. The number of fused-ring (bicyclic) bond motifs is 1. The quantitative estimate of drug-likeness (QED) is 0.828. The average Bonchev–Trinajstić information content (AvgIpc) is 3.06. The van der Waals surface area contributed by atoms with Crippen LogP contribution >= 0.6 is 0 Å². The Morgan fingerprint density at radius 2 is 2.00 bits per heavy atom. The fourth-order valence-electron chi connectivity index (χ4n) is 3.49. The van der Waals surface area contributed by atoms with Crippen molar-refractivity contribution in [2.24, 2.45) is 5.92 Å². The zero-order valence-electron chi connectivity index (χ0n) is 15.3. The van der Waals surface area contributed by atoms with Gasteiger partial charge in [0.2, 0.25) is 11.8 Å². The van der Waals surface area contributed by atoms with Gasteiger partial charge in [-0.05, 0) is 30.5 Å². The number of hydrogen-bond acceptors (Lipinski definition) is 3. The fourth-order valence-corrected chi connectivity index (χ4v) is 3.49. The maximum atomic E-state index is 12.4. The van der Waals surface area contributed by atoms with Gasteiger partial charge in [0.25, 0.3) is 0 Å². The first-order valence-corrected chi connectivity index (χ1v) is 9.54. The van der Waals surface area contributed by atoms with Crippen LogP contribution in [0.4, 0.5) is 0 Å². The third kappa shape index (κ3) is 4.10. The summed E-state index contributed by atoms with van der Waals surface area (Å²) in [4.78, 5) is 26.4. The summed E-state index contributed by atoms with van der Waals surface area (Å²) in [6.07, 6.45) is 6.55. The first-order valence-electron chi connectivity index (χ1n) is 9.54. The summed E-state index contributed by atoms with van der Waals surface area (Å²) in [5.41, 5.74) is 2.85. The second-order valence-electron chi connectivity index (χ2n) is 7.20. The molecule has 2 aliphatic rings. The van der Waals surface area contributed by atoms with Crippen molar-refractivity contribution in [1.29, 1.82) is 0 Å². The van der Waals surface area contributed by atoms with E-state index < -0.39 is 0 Å². The number of carbonyl (C=O) groups is 2. The van der Waals surface area contributed by atoms with Gasteiger partial charge in [0, 0.05) is 18.5 Å². The summed E-state index contributed by atoms with van der Waals surface area (Å²) >= 11 is 0. The molecule has 1 aliphatic heterocycles. The van der Waals surface area contributed by atoms with Crippen LogP contribution in [0.15, 0.2) is 42.5 Å². The lowest BCUT2D eigenvalue weighted by molar-refractivity contribution is -0.139. The highest BCUT2D eigenvalue weighted by Crippen LogP contribution is 2.29. The third-order valence-electron chi connectivity index (χ3n) is 5.29. The lowest BCUT2D eigenvalue weighted by Gasteiger charge is -2.34. The van der Waals surface area contributed by atoms with Crippen LogP contribution < -0.4 is 5.32 Å². The van der Waals surface area contributed by atoms with Gasteiger partial charge in [-0.3, -0.25) is 14.3 Å². The number of aromatic nitrogens is 2. The topological polar surface area (TPSA) is 67.2 Å². The minimum atomic E-state index is -0.147. The minimum absolute atomic E-state index is 0.147. The van der Waals surface area contributed by atoms with E-state index in [2.05, 4.69) is 10.4 Å².